The second-order valence-electron chi connectivity index (χ2n) is 8.00. The van der Waals surface area contributed by atoms with E-state index in [0.717, 1.165) is 48.7 Å². The summed E-state index contributed by atoms with van der Waals surface area (Å²) in [6.07, 6.45) is 4.87. The lowest BCUT2D eigenvalue weighted by atomic mass is 10.0. The lowest BCUT2D eigenvalue weighted by molar-refractivity contribution is -0.107. The van der Waals surface area contributed by atoms with Crippen LogP contribution in [0, 0.1) is 0 Å². The monoisotopic (exact) mass is 501 g/mol. The number of hydrogen-bond acceptors (Lipinski definition) is 7. The number of nitrogens with one attached hydrogen (secondary N) is 1. The SMILES string of the molecule is CN(CN/C(=C(\C=O)CCc1ccccc1)c1ccc(OCc2ccccc2)cc1)/N=C\CC=O.CO. The Bertz CT molecular complexity index is 1110. The fourth-order valence-corrected chi connectivity index (χ4v) is 3.49. The van der Waals surface area contributed by atoms with Gasteiger partial charge >= 0.3 is 0 Å². The molecule has 37 heavy (non-hydrogen) atoms. The number of nitrogens with zero attached hydrogens (tertiary/aromatic N) is 2. The maximum Gasteiger partial charge on any atom is 0.148 e. The average Bonchev–Trinajstić information content (AvgIpc) is 2.96. The van der Waals surface area contributed by atoms with Crippen LogP contribution < -0.4 is 10.1 Å². The summed E-state index contributed by atoms with van der Waals surface area (Å²) in [6.45, 7) is 0.862. The van der Waals surface area contributed by atoms with Gasteiger partial charge < -0.3 is 20.0 Å². The van der Waals surface area contributed by atoms with Crippen molar-refractivity contribution in [3.8, 4) is 5.75 Å². The zero-order valence-corrected chi connectivity index (χ0v) is 21.4. The average molecular weight is 502 g/mol. The van der Waals surface area contributed by atoms with Crippen LogP contribution in [0.4, 0.5) is 0 Å². The van der Waals surface area contributed by atoms with Gasteiger partial charge in [-0.25, -0.2) is 0 Å². The predicted octanol–water partition coefficient (Wildman–Crippen LogP) is 4.47. The molecular weight excluding hydrogens is 466 g/mol. The number of aryl methyl sites for hydroxylation is 1. The van der Waals surface area contributed by atoms with E-state index in [-0.39, 0.29) is 6.42 Å². The van der Waals surface area contributed by atoms with Crippen LogP contribution in [-0.2, 0) is 22.6 Å². The van der Waals surface area contributed by atoms with Crippen molar-refractivity contribution >= 4 is 24.5 Å². The summed E-state index contributed by atoms with van der Waals surface area (Å²) in [5.74, 6) is 0.754. The quantitative estimate of drug-likeness (QED) is 0.111. The maximum absolute atomic E-state index is 12.1. The molecule has 0 amide bonds. The molecule has 3 rings (SSSR count). The summed E-state index contributed by atoms with van der Waals surface area (Å²) in [7, 11) is 2.80. The van der Waals surface area contributed by atoms with E-state index in [2.05, 4.69) is 22.6 Å². The molecule has 0 heterocycles. The van der Waals surface area contributed by atoms with Gasteiger partial charge in [0.25, 0.3) is 0 Å². The van der Waals surface area contributed by atoms with Gasteiger partial charge in [-0.15, -0.1) is 0 Å². The van der Waals surface area contributed by atoms with Gasteiger partial charge in [-0.3, -0.25) is 9.80 Å². The topological polar surface area (TPSA) is 91.2 Å². The molecule has 0 aliphatic carbocycles. The van der Waals surface area contributed by atoms with Crippen LogP contribution in [0.5, 0.6) is 5.75 Å². The molecule has 2 N–H and O–H groups in total. The van der Waals surface area contributed by atoms with E-state index < -0.39 is 0 Å². The van der Waals surface area contributed by atoms with Crippen LogP contribution in [-0.4, -0.2) is 49.7 Å². The number of rotatable bonds is 14. The van der Waals surface area contributed by atoms with Gasteiger partial charge in [-0.1, -0.05) is 60.7 Å². The first-order valence-electron chi connectivity index (χ1n) is 12.0. The number of aliphatic hydroxyl groups is 1. The molecule has 0 radical (unpaired) electrons. The van der Waals surface area contributed by atoms with E-state index in [4.69, 9.17) is 9.84 Å². The zero-order chi connectivity index (χ0) is 26.7. The highest BCUT2D eigenvalue weighted by atomic mass is 16.5. The Kier molecular flexibility index (Phi) is 13.5. The molecule has 0 aliphatic heterocycles. The molecule has 0 saturated carbocycles. The van der Waals surface area contributed by atoms with Crippen molar-refractivity contribution in [2.45, 2.75) is 25.9 Å². The number of aldehydes is 2. The molecule has 3 aromatic rings. The minimum absolute atomic E-state index is 0.258. The van der Waals surface area contributed by atoms with E-state index >= 15 is 0 Å². The fraction of sp³-hybridized carbons (Fsp3) is 0.233. The van der Waals surface area contributed by atoms with Crippen LogP contribution in [0.15, 0.2) is 95.6 Å². The first kappa shape index (κ1) is 29.0. The van der Waals surface area contributed by atoms with Crippen molar-refractivity contribution in [3.63, 3.8) is 0 Å². The van der Waals surface area contributed by atoms with E-state index in [1.807, 2.05) is 72.8 Å². The van der Waals surface area contributed by atoms with E-state index in [0.29, 0.717) is 25.3 Å². The number of allylic oxidation sites excluding steroid dienone is 1. The molecule has 0 bridgehead atoms. The molecule has 7 heteroatoms. The van der Waals surface area contributed by atoms with Crippen molar-refractivity contribution in [1.82, 2.24) is 10.3 Å². The molecule has 0 atom stereocenters. The van der Waals surface area contributed by atoms with Gasteiger partial charge in [-0.05, 0) is 53.8 Å². The summed E-state index contributed by atoms with van der Waals surface area (Å²) in [4.78, 5) is 22.6. The molecule has 0 unspecified atom stereocenters. The molecule has 3 aromatic carbocycles. The standard InChI is InChI=1S/C29H31N3O3.CH4O/c1-32(31-19-8-20-33)23-30-29(27(21-34)14-13-24-9-4-2-5-10-24)26-15-17-28(18-16-26)35-22-25-11-6-3-7-12-25;1-2/h2-7,9-12,15-21,30H,8,13-14,22-23H2,1H3;2H,1H3/b29-27-,31-19-;. The Morgan fingerprint density at radius 1 is 0.919 bits per heavy atom. The van der Waals surface area contributed by atoms with Gasteiger partial charge in [0.05, 0.1) is 0 Å². The van der Waals surface area contributed by atoms with Gasteiger partial charge in [0, 0.05) is 38.1 Å². The molecule has 194 valence electrons. The van der Waals surface area contributed by atoms with Crippen molar-refractivity contribution in [3.05, 3.63) is 107 Å². The Hall–Kier alpha value is -4.23. The predicted molar refractivity (Wildman–Crippen MR) is 148 cm³/mol. The Morgan fingerprint density at radius 3 is 2.14 bits per heavy atom. The van der Waals surface area contributed by atoms with Crippen LogP contribution in [0.1, 0.15) is 29.5 Å². The van der Waals surface area contributed by atoms with Crippen molar-refractivity contribution < 1.29 is 19.4 Å². The highest BCUT2D eigenvalue weighted by molar-refractivity contribution is 5.87. The molecule has 0 aromatic heterocycles. The summed E-state index contributed by atoms with van der Waals surface area (Å²) in [6, 6.07) is 27.8. The number of benzene rings is 3. The largest absolute Gasteiger partial charge is 0.489 e. The first-order valence-corrected chi connectivity index (χ1v) is 12.0. The molecule has 0 aliphatic rings. The van der Waals surface area contributed by atoms with Crippen molar-refractivity contribution in [1.29, 1.82) is 0 Å². The molecule has 0 fully saturated rings. The second-order valence-corrected chi connectivity index (χ2v) is 8.00. The maximum atomic E-state index is 12.1. The van der Waals surface area contributed by atoms with E-state index in [9.17, 15) is 9.59 Å². The summed E-state index contributed by atoms with van der Waals surface area (Å²) in [5.41, 5.74) is 4.59. The number of hydrogen-bond donors (Lipinski definition) is 2. The highest BCUT2D eigenvalue weighted by Crippen LogP contribution is 2.23. The lowest BCUT2D eigenvalue weighted by Crippen LogP contribution is -2.27. The van der Waals surface area contributed by atoms with E-state index in [1.165, 1.54) is 5.56 Å². The Balaban J connectivity index is 0.00000235. The highest BCUT2D eigenvalue weighted by Gasteiger charge is 2.11. The minimum atomic E-state index is 0.258. The second kappa shape index (κ2) is 17.2. The van der Waals surface area contributed by atoms with Crippen molar-refractivity contribution in [2.24, 2.45) is 5.10 Å². The van der Waals surface area contributed by atoms with Crippen LogP contribution in [0.2, 0.25) is 0 Å². The smallest absolute Gasteiger partial charge is 0.148 e. The number of carbonyl (C=O) groups excluding carboxylic acids is 2. The third-order valence-corrected chi connectivity index (χ3v) is 5.35. The molecular formula is C30H35N3O4. The first-order chi connectivity index (χ1) is 18.2. The Labute approximate surface area is 219 Å². The third kappa shape index (κ3) is 10.5. The number of hydrazone groups is 1. The fourth-order valence-electron chi connectivity index (χ4n) is 3.49. The minimum Gasteiger partial charge on any atom is -0.489 e. The lowest BCUT2D eigenvalue weighted by Gasteiger charge is -2.19. The third-order valence-electron chi connectivity index (χ3n) is 5.35. The normalized spacial score (nSPS) is 11.1. The van der Waals surface area contributed by atoms with E-state index in [1.54, 1.807) is 18.3 Å². The summed E-state index contributed by atoms with van der Waals surface area (Å²) in [5, 5.41) is 16.2. The summed E-state index contributed by atoms with van der Waals surface area (Å²) >= 11 is 0. The number of ether oxygens (including phenoxy) is 1. The molecule has 0 spiro atoms. The van der Waals surface area contributed by atoms with Crippen LogP contribution in [0.25, 0.3) is 5.70 Å². The zero-order valence-electron chi connectivity index (χ0n) is 21.4. The van der Waals surface area contributed by atoms with Crippen molar-refractivity contribution in [2.75, 3.05) is 20.8 Å². The number of carbonyl (C=O) groups is 2. The Morgan fingerprint density at radius 2 is 1.54 bits per heavy atom. The van der Waals surface area contributed by atoms with Gasteiger partial charge in [0.1, 0.15) is 31.6 Å². The van der Waals surface area contributed by atoms with Crippen LogP contribution in [0.3, 0.4) is 0 Å². The molecule has 7 nitrogen and oxygen atoms in total. The molecule has 0 saturated heterocycles. The van der Waals surface area contributed by atoms with Gasteiger partial charge in [-0.2, -0.15) is 5.10 Å². The number of aliphatic hydroxyl groups excluding tert-OH is 1. The van der Waals surface area contributed by atoms with Crippen LogP contribution >= 0.6 is 0 Å². The van der Waals surface area contributed by atoms with Gasteiger partial charge in [0.15, 0.2) is 0 Å². The van der Waals surface area contributed by atoms with Gasteiger partial charge in [0.2, 0.25) is 0 Å². The summed E-state index contributed by atoms with van der Waals surface area (Å²) < 4.78 is 5.91.